The molecule has 1 aliphatic rings. The van der Waals surface area contributed by atoms with E-state index in [1.165, 1.54) is 12.1 Å². The van der Waals surface area contributed by atoms with E-state index in [4.69, 9.17) is 5.73 Å². The van der Waals surface area contributed by atoms with Crippen molar-refractivity contribution in [3.8, 4) is 0 Å². The van der Waals surface area contributed by atoms with Crippen LogP contribution >= 0.6 is 0 Å². The Labute approximate surface area is 86.8 Å². The predicted molar refractivity (Wildman–Crippen MR) is 55.2 cm³/mol. The molecule has 3 N–H and O–H groups in total. The van der Waals surface area contributed by atoms with Crippen molar-refractivity contribution < 1.29 is 8.78 Å². The molecule has 1 aliphatic heterocycles. The fourth-order valence-electron chi connectivity index (χ4n) is 1.69. The summed E-state index contributed by atoms with van der Waals surface area (Å²) in [5, 5.41) is 3.08. The molecule has 4 heteroatoms. The summed E-state index contributed by atoms with van der Waals surface area (Å²) < 4.78 is 25.9. The highest BCUT2D eigenvalue weighted by molar-refractivity contribution is 5.68. The van der Waals surface area contributed by atoms with E-state index in [0.717, 1.165) is 11.6 Å². The Kier molecular flexibility index (Phi) is 2.79. The summed E-state index contributed by atoms with van der Waals surface area (Å²) in [6, 6.07) is 3.39. The molecule has 0 saturated heterocycles. The van der Waals surface area contributed by atoms with Gasteiger partial charge in [-0.25, -0.2) is 8.78 Å². The SMILES string of the molecule is NC1C=C(c2cc(F)cc(F)c2)CNC1. The van der Waals surface area contributed by atoms with Gasteiger partial charge in [-0.2, -0.15) is 0 Å². The maximum Gasteiger partial charge on any atom is 0.126 e. The maximum atomic E-state index is 13.0. The largest absolute Gasteiger partial charge is 0.323 e. The summed E-state index contributed by atoms with van der Waals surface area (Å²) in [7, 11) is 0. The summed E-state index contributed by atoms with van der Waals surface area (Å²) in [6.45, 7) is 1.29. The van der Waals surface area contributed by atoms with E-state index in [2.05, 4.69) is 5.32 Å². The third kappa shape index (κ3) is 2.40. The van der Waals surface area contributed by atoms with Crippen LogP contribution in [0.3, 0.4) is 0 Å². The molecule has 1 heterocycles. The van der Waals surface area contributed by atoms with Crippen LogP contribution in [0.2, 0.25) is 0 Å². The maximum absolute atomic E-state index is 13.0. The standard InChI is InChI=1S/C11H12F2N2/c12-9-1-7(2-10(13)4-9)8-3-11(14)6-15-5-8/h1-4,11,15H,5-6,14H2. The first-order chi connectivity index (χ1) is 7.15. The predicted octanol–water partition coefficient (Wildman–Crippen LogP) is 1.28. The lowest BCUT2D eigenvalue weighted by Crippen LogP contribution is -2.37. The molecule has 1 atom stereocenters. The Morgan fingerprint density at radius 3 is 2.47 bits per heavy atom. The molecule has 15 heavy (non-hydrogen) atoms. The molecule has 1 aromatic rings. The molecule has 2 rings (SSSR count). The van der Waals surface area contributed by atoms with Gasteiger partial charge in [0, 0.05) is 25.2 Å². The van der Waals surface area contributed by atoms with Crippen LogP contribution in [0.5, 0.6) is 0 Å². The average Bonchev–Trinajstić information content (AvgIpc) is 2.16. The molecular formula is C11H12F2N2. The Morgan fingerprint density at radius 2 is 1.87 bits per heavy atom. The molecule has 2 nitrogen and oxygen atoms in total. The third-order valence-corrected chi connectivity index (χ3v) is 2.34. The van der Waals surface area contributed by atoms with E-state index < -0.39 is 11.6 Å². The minimum Gasteiger partial charge on any atom is -0.323 e. The molecular weight excluding hydrogens is 198 g/mol. The van der Waals surface area contributed by atoms with Crippen molar-refractivity contribution >= 4 is 5.57 Å². The molecule has 0 aromatic heterocycles. The number of benzene rings is 1. The fraction of sp³-hybridized carbons (Fsp3) is 0.273. The summed E-state index contributed by atoms with van der Waals surface area (Å²) in [5.41, 5.74) is 7.10. The second-order valence-electron chi connectivity index (χ2n) is 3.64. The highest BCUT2D eigenvalue weighted by atomic mass is 19.1. The van der Waals surface area contributed by atoms with Crippen LogP contribution < -0.4 is 11.1 Å². The van der Waals surface area contributed by atoms with Gasteiger partial charge < -0.3 is 11.1 Å². The number of nitrogens with two attached hydrogens (primary N) is 1. The van der Waals surface area contributed by atoms with Gasteiger partial charge in [-0.15, -0.1) is 0 Å². The number of hydrogen-bond donors (Lipinski definition) is 2. The molecule has 0 aliphatic carbocycles. The molecule has 0 fully saturated rings. The third-order valence-electron chi connectivity index (χ3n) is 2.34. The fourth-order valence-corrected chi connectivity index (χ4v) is 1.69. The zero-order chi connectivity index (χ0) is 10.8. The topological polar surface area (TPSA) is 38.0 Å². The van der Waals surface area contributed by atoms with Crippen molar-refractivity contribution in [2.24, 2.45) is 5.73 Å². The summed E-state index contributed by atoms with van der Waals surface area (Å²) in [4.78, 5) is 0. The van der Waals surface area contributed by atoms with Gasteiger partial charge in [0.05, 0.1) is 0 Å². The van der Waals surface area contributed by atoms with E-state index in [-0.39, 0.29) is 6.04 Å². The lowest BCUT2D eigenvalue weighted by molar-refractivity contribution is 0.581. The van der Waals surface area contributed by atoms with Gasteiger partial charge >= 0.3 is 0 Å². The van der Waals surface area contributed by atoms with Crippen LogP contribution in [-0.2, 0) is 0 Å². The zero-order valence-electron chi connectivity index (χ0n) is 8.13. The zero-order valence-corrected chi connectivity index (χ0v) is 8.13. The van der Waals surface area contributed by atoms with Gasteiger partial charge in [0.25, 0.3) is 0 Å². The van der Waals surface area contributed by atoms with Crippen LogP contribution in [0.1, 0.15) is 5.56 Å². The smallest absolute Gasteiger partial charge is 0.126 e. The lowest BCUT2D eigenvalue weighted by atomic mass is 10.0. The molecule has 0 spiro atoms. The Balaban J connectivity index is 2.36. The Bertz CT molecular complexity index is 381. The van der Waals surface area contributed by atoms with Crippen molar-refractivity contribution in [1.29, 1.82) is 0 Å². The van der Waals surface area contributed by atoms with Crippen LogP contribution in [0.15, 0.2) is 24.3 Å². The van der Waals surface area contributed by atoms with Gasteiger partial charge in [0.15, 0.2) is 0 Å². The number of halogens is 2. The first-order valence-corrected chi connectivity index (χ1v) is 4.78. The molecule has 80 valence electrons. The van der Waals surface area contributed by atoms with Crippen LogP contribution in [0, 0.1) is 11.6 Å². The van der Waals surface area contributed by atoms with Crippen LogP contribution in [0.4, 0.5) is 8.78 Å². The first kappa shape index (κ1) is 10.3. The van der Waals surface area contributed by atoms with Crippen molar-refractivity contribution in [2.45, 2.75) is 6.04 Å². The van der Waals surface area contributed by atoms with Crippen LogP contribution in [-0.4, -0.2) is 19.1 Å². The number of hydrogen-bond acceptors (Lipinski definition) is 2. The van der Waals surface area contributed by atoms with Crippen molar-refractivity contribution in [3.63, 3.8) is 0 Å². The Hall–Kier alpha value is -1.26. The summed E-state index contributed by atoms with van der Waals surface area (Å²) >= 11 is 0. The van der Waals surface area contributed by atoms with E-state index in [0.29, 0.717) is 18.7 Å². The molecule has 0 bridgehead atoms. The highest BCUT2D eigenvalue weighted by Crippen LogP contribution is 2.18. The van der Waals surface area contributed by atoms with Gasteiger partial charge in [-0.05, 0) is 23.3 Å². The first-order valence-electron chi connectivity index (χ1n) is 4.78. The van der Waals surface area contributed by atoms with Gasteiger partial charge in [0.1, 0.15) is 11.6 Å². The van der Waals surface area contributed by atoms with Crippen molar-refractivity contribution in [2.75, 3.05) is 13.1 Å². The van der Waals surface area contributed by atoms with Crippen molar-refractivity contribution in [3.05, 3.63) is 41.5 Å². The van der Waals surface area contributed by atoms with E-state index in [1.54, 1.807) is 0 Å². The average molecular weight is 210 g/mol. The molecule has 1 aromatic carbocycles. The minimum absolute atomic E-state index is 0.0971. The van der Waals surface area contributed by atoms with E-state index in [1.807, 2.05) is 6.08 Å². The number of nitrogens with one attached hydrogen (secondary N) is 1. The van der Waals surface area contributed by atoms with Gasteiger partial charge in [0.2, 0.25) is 0 Å². The van der Waals surface area contributed by atoms with E-state index in [9.17, 15) is 8.78 Å². The molecule has 0 amide bonds. The van der Waals surface area contributed by atoms with Gasteiger partial charge in [-0.1, -0.05) is 6.08 Å². The second kappa shape index (κ2) is 4.08. The normalized spacial score (nSPS) is 21.3. The summed E-state index contributed by atoms with van der Waals surface area (Å²) in [6.07, 6.45) is 1.84. The minimum atomic E-state index is -0.565. The second-order valence-corrected chi connectivity index (χ2v) is 3.64. The molecule has 0 radical (unpaired) electrons. The van der Waals surface area contributed by atoms with Crippen LogP contribution in [0.25, 0.3) is 5.57 Å². The van der Waals surface area contributed by atoms with Gasteiger partial charge in [-0.3, -0.25) is 0 Å². The van der Waals surface area contributed by atoms with Crippen molar-refractivity contribution in [1.82, 2.24) is 5.32 Å². The monoisotopic (exact) mass is 210 g/mol. The quantitative estimate of drug-likeness (QED) is 0.732. The summed E-state index contributed by atoms with van der Waals surface area (Å²) in [5.74, 6) is -1.13. The molecule has 0 saturated carbocycles. The molecule has 1 unspecified atom stereocenters. The highest BCUT2D eigenvalue weighted by Gasteiger charge is 2.12. The number of rotatable bonds is 1. The lowest BCUT2D eigenvalue weighted by Gasteiger charge is -2.19. The Morgan fingerprint density at radius 1 is 1.20 bits per heavy atom. The van der Waals surface area contributed by atoms with E-state index >= 15 is 0 Å².